The third kappa shape index (κ3) is 4.75. The fourth-order valence-electron chi connectivity index (χ4n) is 1.35. The molecule has 1 N–H and O–H groups in total. The SMILES string of the molecule is CCN(CCO)C(=O)CSc1ccc(F)cc1. The zero-order valence-corrected chi connectivity index (χ0v) is 10.5. The van der Waals surface area contributed by atoms with Crippen LogP contribution in [0.25, 0.3) is 0 Å². The van der Waals surface area contributed by atoms with E-state index in [1.165, 1.54) is 23.9 Å². The fraction of sp³-hybridized carbons (Fsp3) is 0.417. The summed E-state index contributed by atoms with van der Waals surface area (Å²) in [6.07, 6.45) is 0. The first-order valence-electron chi connectivity index (χ1n) is 5.44. The molecule has 0 aliphatic heterocycles. The number of carbonyl (C=O) groups is 1. The lowest BCUT2D eigenvalue weighted by atomic mass is 10.4. The summed E-state index contributed by atoms with van der Waals surface area (Å²) in [6.45, 7) is 2.79. The summed E-state index contributed by atoms with van der Waals surface area (Å²) >= 11 is 1.37. The Labute approximate surface area is 105 Å². The first kappa shape index (κ1) is 14.0. The van der Waals surface area contributed by atoms with Gasteiger partial charge in [0.25, 0.3) is 0 Å². The molecule has 0 radical (unpaired) electrons. The number of benzene rings is 1. The first-order chi connectivity index (χ1) is 8.17. The monoisotopic (exact) mass is 257 g/mol. The second-order valence-electron chi connectivity index (χ2n) is 3.44. The summed E-state index contributed by atoms with van der Waals surface area (Å²) in [7, 11) is 0. The number of nitrogens with zero attached hydrogens (tertiary/aromatic N) is 1. The Morgan fingerprint density at radius 1 is 1.41 bits per heavy atom. The van der Waals surface area contributed by atoms with Gasteiger partial charge in [0.15, 0.2) is 0 Å². The number of hydrogen-bond acceptors (Lipinski definition) is 3. The normalized spacial score (nSPS) is 10.3. The summed E-state index contributed by atoms with van der Waals surface area (Å²) in [5, 5.41) is 8.79. The molecule has 0 aliphatic rings. The van der Waals surface area contributed by atoms with Gasteiger partial charge in [0.2, 0.25) is 5.91 Å². The van der Waals surface area contributed by atoms with Crippen LogP contribution in [-0.2, 0) is 4.79 Å². The Morgan fingerprint density at radius 3 is 2.59 bits per heavy atom. The molecule has 3 nitrogen and oxygen atoms in total. The highest BCUT2D eigenvalue weighted by atomic mass is 32.2. The summed E-state index contributed by atoms with van der Waals surface area (Å²) in [5.74, 6) is 0.00597. The zero-order valence-electron chi connectivity index (χ0n) is 9.73. The summed E-state index contributed by atoms with van der Waals surface area (Å²) < 4.78 is 12.7. The van der Waals surface area contributed by atoms with Crippen LogP contribution < -0.4 is 0 Å². The van der Waals surface area contributed by atoms with Crippen LogP contribution in [0.2, 0.25) is 0 Å². The summed E-state index contributed by atoms with van der Waals surface area (Å²) in [4.78, 5) is 14.2. The van der Waals surface area contributed by atoms with Gasteiger partial charge in [-0.25, -0.2) is 4.39 Å². The minimum Gasteiger partial charge on any atom is -0.395 e. The Bertz CT molecular complexity index is 356. The molecule has 0 spiro atoms. The van der Waals surface area contributed by atoms with Gasteiger partial charge in [0.1, 0.15) is 5.82 Å². The van der Waals surface area contributed by atoms with Gasteiger partial charge in [0.05, 0.1) is 12.4 Å². The van der Waals surface area contributed by atoms with Crippen molar-refractivity contribution in [3.05, 3.63) is 30.1 Å². The third-order valence-corrected chi connectivity index (χ3v) is 3.28. The number of carbonyl (C=O) groups excluding carboxylic acids is 1. The maximum atomic E-state index is 12.7. The number of halogens is 1. The average molecular weight is 257 g/mol. The molecule has 0 aromatic heterocycles. The largest absolute Gasteiger partial charge is 0.395 e. The van der Waals surface area contributed by atoms with E-state index < -0.39 is 0 Å². The van der Waals surface area contributed by atoms with Gasteiger partial charge >= 0.3 is 0 Å². The zero-order chi connectivity index (χ0) is 12.7. The van der Waals surface area contributed by atoms with Crippen LogP contribution in [0.15, 0.2) is 29.2 Å². The Morgan fingerprint density at radius 2 is 2.06 bits per heavy atom. The number of amides is 1. The lowest BCUT2D eigenvalue weighted by Crippen LogP contribution is -2.34. The number of thioether (sulfide) groups is 1. The molecule has 17 heavy (non-hydrogen) atoms. The summed E-state index contributed by atoms with van der Waals surface area (Å²) in [6, 6.07) is 6.04. The lowest BCUT2D eigenvalue weighted by Gasteiger charge is -2.19. The molecule has 5 heteroatoms. The number of aliphatic hydroxyl groups is 1. The van der Waals surface area contributed by atoms with Gasteiger partial charge in [0, 0.05) is 18.0 Å². The predicted octanol–water partition coefficient (Wildman–Crippen LogP) is 1.76. The highest BCUT2D eigenvalue weighted by molar-refractivity contribution is 8.00. The second kappa shape index (κ2) is 7.29. The van der Waals surface area contributed by atoms with E-state index in [4.69, 9.17) is 5.11 Å². The average Bonchev–Trinajstić information content (AvgIpc) is 2.35. The number of hydrogen-bond donors (Lipinski definition) is 1. The number of likely N-dealkylation sites (N-methyl/N-ethyl adjacent to an activating group) is 1. The van der Waals surface area contributed by atoms with Gasteiger partial charge in [-0.3, -0.25) is 4.79 Å². The van der Waals surface area contributed by atoms with E-state index in [2.05, 4.69) is 0 Å². The quantitative estimate of drug-likeness (QED) is 0.789. The van der Waals surface area contributed by atoms with Crippen LogP contribution in [0.4, 0.5) is 4.39 Å². The van der Waals surface area contributed by atoms with Crippen molar-refractivity contribution in [2.75, 3.05) is 25.4 Å². The lowest BCUT2D eigenvalue weighted by molar-refractivity contribution is -0.128. The molecule has 0 saturated heterocycles. The second-order valence-corrected chi connectivity index (χ2v) is 4.49. The van der Waals surface area contributed by atoms with Crippen LogP contribution >= 0.6 is 11.8 Å². The van der Waals surface area contributed by atoms with Crippen molar-refractivity contribution in [2.45, 2.75) is 11.8 Å². The van der Waals surface area contributed by atoms with Gasteiger partial charge in [-0.15, -0.1) is 11.8 Å². The smallest absolute Gasteiger partial charge is 0.233 e. The van der Waals surface area contributed by atoms with Crippen LogP contribution in [-0.4, -0.2) is 41.4 Å². The van der Waals surface area contributed by atoms with E-state index in [0.717, 1.165) is 4.90 Å². The van der Waals surface area contributed by atoms with Gasteiger partial charge < -0.3 is 10.0 Å². The molecule has 0 aliphatic carbocycles. The standard InChI is InChI=1S/C12H16FNO2S/c1-2-14(7-8-15)12(16)9-17-11-5-3-10(13)4-6-11/h3-6,15H,2,7-9H2,1H3. The molecular weight excluding hydrogens is 241 g/mol. The van der Waals surface area contributed by atoms with E-state index in [0.29, 0.717) is 18.8 Å². The molecule has 1 amide bonds. The molecule has 0 saturated carbocycles. The van der Waals surface area contributed by atoms with Crippen LogP contribution in [0, 0.1) is 5.82 Å². The van der Waals surface area contributed by atoms with Crippen LogP contribution in [0.3, 0.4) is 0 Å². The summed E-state index contributed by atoms with van der Waals surface area (Å²) in [5.41, 5.74) is 0. The van der Waals surface area contributed by atoms with Crippen molar-refractivity contribution < 1.29 is 14.3 Å². The Balaban J connectivity index is 2.44. The van der Waals surface area contributed by atoms with Crippen LogP contribution in [0.1, 0.15) is 6.92 Å². The van der Waals surface area contributed by atoms with Crippen molar-refractivity contribution in [3.8, 4) is 0 Å². The number of aliphatic hydroxyl groups excluding tert-OH is 1. The minimum absolute atomic E-state index is 0.0177. The Kier molecular flexibility index (Phi) is 6.00. The molecule has 0 fully saturated rings. The van der Waals surface area contributed by atoms with E-state index in [9.17, 15) is 9.18 Å². The highest BCUT2D eigenvalue weighted by Gasteiger charge is 2.10. The van der Waals surface area contributed by atoms with E-state index in [1.807, 2.05) is 6.92 Å². The van der Waals surface area contributed by atoms with E-state index >= 15 is 0 Å². The van der Waals surface area contributed by atoms with Crippen molar-refractivity contribution in [1.82, 2.24) is 4.90 Å². The predicted molar refractivity (Wildman–Crippen MR) is 66.5 cm³/mol. The van der Waals surface area contributed by atoms with Crippen molar-refractivity contribution in [2.24, 2.45) is 0 Å². The van der Waals surface area contributed by atoms with Gasteiger partial charge in [-0.2, -0.15) is 0 Å². The molecule has 0 heterocycles. The molecule has 0 atom stereocenters. The molecule has 1 aromatic rings. The van der Waals surface area contributed by atoms with Crippen LogP contribution in [0.5, 0.6) is 0 Å². The van der Waals surface area contributed by atoms with Crippen molar-refractivity contribution in [3.63, 3.8) is 0 Å². The van der Waals surface area contributed by atoms with Gasteiger partial charge in [-0.05, 0) is 31.2 Å². The fourth-order valence-corrected chi connectivity index (χ4v) is 2.15. The molecule has 1 aromatic carbocycles. The van der Waals surface area contributed by atoms with Crippen molar-refractivity contribution in [1.29, 1.82) is 0 Å². The molecule has 1 rings (SSSR count). The van der Waals surface area contributed by atoms with Gasteiger partial charge in [-0.1, -0.05) is 0 Å². The maximum absolute atomic E-state index is 12.7. The highest BCUT2D eigenvalue weighted by Crippen LogP contribution is 2.18. The van der Waals surface area contributed by atoms with E-state index in [-0.39, 0.29) is 18.3 Å². The first-order valence-corrected chi connectivity index (χ1v) is 6.43. The molecule has 0 bridgehead atoms. The van der Waals surface area contributed by atoms with E-state index in [1.54, 1.807) is 17.0 Å². The third-order valence-electron chi connectivity index (χ3n) is 2.28. The molecule has 0 unspecified atom stereocenters. The molecular formula is C12H16FNO2S. The topological polar surface area (TPSA) is 40.5 Å². The molecule has 94 valence electrons. The maximum Gasteiger partial charge on any atom is 0.233 e. The Hall–Kier alpha value is -1.07. The number of rotatable bonds is 6. The van der Waals surface area contributed by atoms with Crippen molar-refractivity contribution >= 4 is 17.7 Å². The minimum atomic E-state index is -0.281.